The van der Waals surface area contributed by atoms with Gasteiger partial charge >= 0.3 is 0 Å². The van der Waals surface area contributed by atoms with E-state index in [1.165, 1.54) is 0 Å². The second kappa shape index (κ2) is 8.03. The van der Waals surface area contributed by atoms with Gasteiger partial charge in [-0.1, -0.05) is 6.07 Å². The number of aryl methyl sites for hydroxylation is 1. The topological polar surface area (TPSA) is 88.8 Å². The lowest BCUT2D eigenvalue weighted by atomic mass is 10.1. The van der Waals surface area contributed by atoms with Crippen molar-refractivity contribution in [2.45, 2.75) is 19.4 Å². The first-order chi connectivity index (χ1) is 10.9. The molecule has 1 atom stereocenters. The van der Waals surface area contributed by atoms with E-state index < -0.39 is 0 Å². The van der Waals surface area contributed by atoms with E-state index in [-0.39, 0.29) is 24.5 Å². The smallest absolute Gasteiger partial charge is 0.231 e. The van der Waals surface area contributed by atoms with Crippen LogP contribution < -0.4 is 5.73 Å². The normalized spacial score (nSPS) is 18.2. The third kappa shape index (κ3) is 5.61. The lowest BCUT2D eigenvalue weighted by Gasteiger charge is -2.34. The Morgan fingerprint density at radius 3 is 2.91 bits per heavy atom. The van der Waals surface area contributed by atoms with Crippen molar-refractivity contribution in [3.05, 3.63) is 29.6 Å². The van der Waals surface area contributed by atoms with Crippen LogP contribution in [0.2, 0.25) is 0 Å². The monoisotopic (exact) mass is 320 g/mol. The Kier molecular flexibility index (Phi) is 6.06. The molecule has 1 fully saturated rings. The summed E-state index contributed by atoms with van der Waals surface area (Å²) in [6, 6.07) is 3.84. The fourth-order valence-corrected chi connectivity index (χ4v) is 2.62. The number of amides is 2. The number of rotatable bonds is 6. The minimum Gasteiger partial charge on any atom is -0.373 e. The average Bonchev–Trinajstić information content (AvgIpc) is 2.49. The molecular formula is C16H24N4O3. The van der Waals surface area contributed by atoms with Crippen LogP contribution in [0.5, 0.6) is 0 Å². The summed E-state index contributed by atoms with van der Waals surface area (Å²) in [6.07, 6.45) is 1.98. The molecule has 2 amide bonds. The largest absolute Gasteiger partial charge is 0.373 e. The van der Waals surface area contributed by atoms with Crippen LogP contribution in [0.15, 0.2) is 18.3 Å². The maximum absolute atomic E-state index is 12.4. The van der Waals surface area contributed by atoms with Crippen molar-refractivity contribution < 1.29 is 14.3 Å². The minimum absolute atomic E-state index is 0.0708. The second-order valence-corrected chi connectivity index (χ2v) is 5.98. The molecule has 2 heterocycles. The van der Waals surface area contributed by atoms with Crippen LogP contribution in [0.4, 0.5) is 0 Å². The fourth-order valence-electron chi connectivity index (χ4n) is 2.62. The number of hydrogen-bond donors (Lipinski definition) is 1. The van der Waals surface area contributed by atoms with Crippen molar-refractivity contribution in [2.24, 2.45) is 5.73 Å². The molecule has 0 bridgehead atoms. The minimum atomic E-state index is -0.372. The van der Waals surface area contributed by atoms with Gasteiger partial charge in [-0.2, -0.15) is 0 Å². The highest BCUT2D eigenvalue weighted by molar-refractivity contribution is 5.78. The molecule has 1 aromatic heterocycles. The standard InChI is InChI=1S/C16H24N4O3/c1-12-3-4-13(8-18-12)7-16(22)20-5-6-23-14(10-20)9-19(2)11-15(17)21/h3-4,8,14H,5-7,9-11H2,1-2H3,(H2,17,21)/t14-/m0/s1. The molecule has 1 aliphatic heterocycles. The summed E-state index contributed by atoms with van der Waals surface area (Å²) in [5.41, 5.74) is 7.03. The van der Waals surface area contributed by atoms with E-state index in [0.29, 0.717) is 32.7 Å². The number of morpholine rings is 1. The van der Waals surface area contributed by atoms with Gasteiger partial charge in [-0.15, -0.1) is 0 Å². The molecule has 126 valence electrons. The quantitative estimate of drug-likeness (QED) is 0.769. The molecule has 1 aromatic rings. The lowest BCUT2D eigenvalue weighted by molar-refractivity contribution is -0.139. The zero-order valence-electron chi connectivity index (χ0n) is 13.7. The number of hydrogen-bond acceptors (Lipinski definition) is 5. The lowest BCUT2D eigenvalue weighted by Crippen LogP contribution is -2.50. The number of nitrogens with two attached hydrogens (primary N) is 1. The molecule has 23 heavy (non-hydrogen) atoms. The summed E-state index contributed by atoms with van der Waals surface area (Å²) in [5.74, 6) is -0.301. The van der Waals surface area contributed by atoms with Crippen molar-refractivity contribution in [1.29, 1.82) is 0 Å². The highest BCUT2D eigenvalue weighted by Crippen LogP contribution is 2.10. The molecule has 0 aromatic carbocycles. The van der Waals surface area contributed by atoms with Crippen LogP contribution in [-0.4, -0.2) is 72.5 Å². The van der Waals surface area contributed by atoms with E-state index in [1.807, 2.05) is 35.9 Å². The Hall–Kier alpha value is -1.99. The number of aromatic nitrogens is 1. The number of carbonyl (C=O) groups excluding carboxylic acids is 2. The third-order valence-corrected chi connectivity index (χ3v) is 3.76. The van der Waals surface area contributed by atoms with Crippen LogP contribution in [0.3, 0.4) is 0 Å². The summed E-state index contributed by atoms with van der Waals surface area (Å²) in [4.78, 5) is 31.2. The van der Waals surface area contributed by atoms with E-state index in [0.717, 1.165) is 11.3 Å². The van der Waals surface area contributed by atoms with Crippen molar-refractivity contribution in [3.63, 3.8) is 0 Å². The predicted octanol–water partition coefficient (Wildman–Crippen LogP) is -0.423. The maximum atomic E-state index is 12.4. The molecule has 1 saturated heterocycles. The molecule has 0 aliphatic carbocycles. The van der Waals surface area contributed by atoms with Crippen molar-refractivity contribution in [2.75, 3.05) is 39.8 Å². The van der Waals surface area contributed by atoms with Crippen LogP contribution in [0, 0.1) is 6.92 Å². The van der Waals surface area contributed by atoms with E-state index in [4.69, 9.17) is 10.5 Å². The van der Waals surface area contributed by atoms with Crippen molar-refractivity contribution >= 4 is 11.8 Å². The van der Waals surface area contributed by atoms with Crippen LogP contribution >= 0.6 is 0 Å². The number of nitrogens with zero attached hydrogens (tertiary/aromatic N) is 3. The molecule has 2 rings (SSSR count). The van der Waals surface area contributed by atoms with E-state index in [2.05, 4.69) is 4.98 Å². The molecule has 7 heteroatoms. The number of pyridine rings is 1. The zero-order chi connectivity index (χ0) is 16.8. The highest BCUT2D eigenvalue weighted by Gasteiger charge is 2.25. The van der Waals surface area contributed by atoms with Crippen molar-refractivity contribution in [3.8, 4) is 0 Å². The van der Waals surface area contributed by atoms with Gasteiger partial charge in [0.2, 0.25) is 11.8 Å². The molecular weight excluding hydrogens is 296 g/mol. The van der Waals surface area contributed by atoms with Crippen LogP contribution in [0.1, 0.15) is 11.3 Å². The number of likely N-dealkylation sites (N-methyl/N-ethyl adjacent to an activating group) is 1. The highest BCUT2D eigenvalue weighted by atomic mass is 16.5. The first-order valence-electron chi connectivity index (χ1n) is 7.72. The van der Waals surface area contributed by atoms with Crippen LogP contribution in [-0.2, 0) is 20.7 Å². The van der Waals surface area contributed by atoms with Crippen molar-refractivity contribution in [1.82, 2.24) is 14.8 Å². The number of ether oxygens (including phenoxy) is 1. The van der Waals surface area contributed by atoms with Crippen LogP contribution in [0.25, 0.3) is 0 Å². The summed E-state index contributed by atoms with van der Waals surface area (Å²) < 4.78 is 5.68. The first-order valence-corrected chi connectivity index (χ1v) is 7.72. The average molecular weight is 320 g/mol. The third-order valence-electron chi connectivity index (χ3n) is 3.76. The van der Waals surface area contributed by atoms with Gasteiger partial charge in [-0.05, 0) is 25.6 Å². The van der Waals surface area contributed by atoms with Gasteiger partial charge in [0.1, 0.15) is 0 Å². The van der Waals surface area contributed by atoms with Gasteiger partial charge in [0, 0.05) is 31.5 Å². The first kappa shape index (κ1) is 17.4. The Labute approximate surface area is 136 Å². The molecule has 0 unspecified atom stereocenters. The summed E-state index contributed by atoms with van der Waals surface area (Å²) in [7, 11) is 1.81. The summed E-state index contributed by atoms with van der Waals surface area (Å²) in [6.45, 7) is 4.30. The fraction of sp³-hybridized carbons (Fsp3) is 0.562. The predicted molar refractivity (Wildman–Crippen MR) is 85.7 cm³/mol. The van der Waals surface area contributed by atoms with E-state index in [1.54, 1.807) is 6.20 Å². The van der Waals surface area contributed by atoms with Gasteiger partial charge in [0.15, 0.2) is 0 Å². The Morgan fingerprint density at radius 2 is 2.26 bits per heavy atom. The Morgan fingerprint density at radius 1 is 1.48 bits per heavy atom. The molecule has 2 N–H and O–H groups in total. The second-order valence-electron chi connectivity index (χ2n) is 5.98. The van der Waals surface area contributed by atoms with E-state index in [9.17, 15) is 9.59 Å². The van der Waals surface area contributed by atoms with Gasteiger partial charge in [-0.3, -0.25) is 19.5 Å². The summed E-state index contributed by atoms with van der Waals surface area (Å²) >= 11 is 0. The SMILES string of the molecule is Cc1ccc(CC(=O)N2CCO[C@@H](CN(C)CC(N)=O)C2)cn1. The number of carbonyl (C=O) groups is 2. The van der Waals surface area contributed by atoms with Gasteiger partial charge in [0.25, 0.3) is 0 Å². The molecule has 0 spiro atoms. The van der Waals surface area contributed by atoms with Gasteiger partial charge in [-0.25, -0.2) is 0 Å². The number of primary amides is 1. The van der Waals surface area contributed by atoms with Gasteiger partial charge < -0.3 is 15.4 Å². The molecule has 1 aliphatic rings. The Balaban J connectivity index is 1.86. The van der Waals surface area contributed by atoms with Gasteiger partial charge in [0.05, 0.1) is 25.7 Å². The zero-order valence-corrected chi connectivity index (χ0v) is 13.7. The molecule has 7 nitrogen and oxygen atoms in total. The molecule has 0 radical (unpaired) electrons. The maximum Gasteiger partial charge on any atom is 0.231 e. The summed E-state index contributed by atoms with van der Waals surface area (Å²) in [5, 5.41) is 0. The Bertz CT molecular complexity index is 547. The molecule has 0 saturated carbocycles. The van der Waals surface area contributed by atoms with E-state index >= 15 is 0 Å².